The topological polar surface area (TPSA) is 81.7 Å². The predicted molar refractivity (Wildman–Crippen MR) is 72.2 cm³/mol. The predicted octanol–water partition coefficient (Wildman–Crippen LogP) is 1.15. The van der Waals surface area contributed by atoms with Crippen LogP contribution in [0.5, 0.6) is 0 Å². The molecule has 2 aromatic heterocycles. The minimum absolute atomic E-state index is 0.313. The summed E-state index contributed by atoms with van der Waals surface area (Å²) in [6.07, 6.45) is 4.27. The van der Waals surface area contributed by atoms with Gasteiger partial charge in [-0.25, -0.2) is 9.97 Å². The number of anilines is 1. The van der Waals surface area contributed by atoms with E-state index in [2.05, 4.69) is 34.2 Å². The number of hydrogen-bond donors (Lipinski definition) is 2. The fourth-order valence-corrected chi connectivity index (χ4v) is 2.00. The number of nitrogens with zero attached hydrogens (tertiary/aromatic N) is 4. The van der Waals surface area contributed by atoms with E-state index in [0.29, 0.717) is 18.5 Å². The summed E-state index contributed by atoms with van der Waals surface area (Å²) < 4.78 is 1.75. The van der Waals surface area contributed by atoms with Gasteiger partial charge in [0.15, 0.2) is 5.65 Å². The van der Waals surface area contributed by atoms with Crippen LogP contribution >= 0.6 is 0 Å². The number of nitrogens with two attached hydrogens (primary N) is 1. The van der Waals surface area contributed by atoms with Crippen LogP contribution in [0.1, 0.15) is 20.3 Å². The van der Waals surface area contributed by atoms with E-state index in [1.54, 1.807) is 17.2 Å². The highest BCUT2D eigenvalue weighted by Gasteiger charge is 2.15. The summed E-state index contributed by atoms with van der Waals surface area (Å²) in [7, 11) is 1.87. The molecule has 0 bridgehead atoms. The van der Waals surface area contributed by atoms with Crippen molar-refractivity contribution in [1.29, 1.82) is 0 Å². The van der Waals surface area contributed by atoms with Gasteiger partial charge in [-0.15, -0.1) is 0 Å². The normalized spacial score (nSPS) is 13.2. The first kappa shape index (κ1) is 12.8. The van der Waals surface area contributed by atoms with Gasteiger partial charge in [-0.2, -0.15) is 5.10 Å². The fraction of sp³-hybridized carbons (Fsp3) is 0.583. The molecule has 0 saturated carbocycles. The summed E-state index contributed by atoms with van der Waals surface area (Å²) in [5.41, 5.74) is 6.48. The van der Waals surface area contributed by atoms with Crippen molar-refractivity contribution in [1.82, 2.24) is 19.7 Å². The van der Waals surface area contributed by atoms with Gasteiger partial charge in [-0.3, -0.25) is 4.68 Å². The van der Waals surface area contributed by atoms with Gasteiger partial charge in [-0.1, -0.05) is 13.8 Å². The van der Waals surface area contributed by atoms with Crippen LogP contribution in [0.4, 0.5) is 5.82 Å². The summed E-state index contributed by atoms with van der Waals surface area (Å²) in [5.74, 6) is 1.33. The Labute approximate surface area is 107 Å². The standard InChI is InChI=1S/C12H20N6/c1-8(2)10(4-5-13)17-11-9-6-16-18(3)12(9)15-7-14-11/h6-8,10H,4-5,13H2,1-3H3,(H,14,15,17). The molecule has 0 fully saturated rings. The first-order valence-corrected chi connectivity index (χ1v) is 6.22. The van der Waals surface area contributed by atoms with Gasteiger partial charge < -0.3 is 11.1 Å². The van der Waals surface area contributed by atoms with Crippen LogP contribution in [0.25, 0.3) is 11.0 Å². The van der Waals surface area contributed by atoms with Crippen molar-refractivity contribution >= 4 is 16.9 Å². The van der Waals surface area contributed by atoms with Crippen molar-refractivity contribution in [3.63, 3.8) is 0 Å². The molecule has 3 N–H and O–H groups in total. The lowest BCUT2D eigenvalue weighted by Crippen LogP contribution is -2.29. The molecule has 1 unspecified atom stereocenters. The Balaban J connectivity index is 2.30. The lowest BCUT2D eigenvalue weighted by molar-refractivity contribution is 0.498. The molecule has 0 amide bonds. The Morgan fingerprint density at radius 1 is 1.39 bits per heavy atom. The lowest BCUT2D eigenvalue weighted by atomic mass is 10.0. The van der Waals surface area contributed by atoms with E-state index >= 15 is 0 Å². The Kier molecular flexibility index (Phi) is 3.76. The Morgan fingerprint density at radius 2 is 2.17 bits per heavy atom. The summed E-state index contributed by atoms with van der Waals surface area (Å²) in [6, 6.07) is 0.313. The average molecular weight is 248 g/mol. The van der Waals surface area contributed by atoms with E-state index in [1.165, 1.54) is 0 Å². The number of aryl methyl sites for hydroxylation is 1. The SMILES string of the molecule is CC(C)C(CCN)Nc1ncnc2c1cnn2C. The van der Waals surface area contributed by atoms with Crippen LogP contribution in [0.2, 0.25) is 0 Å². The highest BCUT2D eigenvalue weighted by molar-refractivity contribution is 5.86. The van der Waals surface area contributed by atoms with E-state index in [1.807, 2.05) is 7.05 Å². The maximum absolute atomic E-state index is 5.65. The molecular formula is C12H20N6. The van der Waals surface area contributed by atoms with Crippen LogP contribution in [-0.4, -0.2) is 32.3 Å². The van der Waals surface area contributed by atoms with E-state index in [-0.39, 0.29) is 0 Å². The average Bonchev–Trinajstić information content (AvgIpc) is 2.72. The molecule has 98 valence electrons. The van der Waals surface area contributed by atoms with Crippen LogP contribution < -0.4 is 11.1 Å². The van der Waals surface area contributed by atoms with Crippen molar-refractivity contribution in [2.75, 3.05) is 11.9 Å². The quantitative estimate of drug-likeness (QED) is 0.829. The molecule has 1 atom stereocenters. The first-order valence-electron chi connectivity index (χ1n) is 6.22. The second-order valence-corrected chi connectivity index (χ2v) is 4.80. The Morgan fingerprint density at radius 3 is 2.83 bits per heavy atom. The zero-order valence-electron chi connectivity index (χ0n) is 11.1. The summed E-state index contributed by atoms with van der Waals surface area (Å²) >= 11 is 0. The monoisotopic (exact) mass is 248 g/mol. The van der Waals surface area contributed by atoms with Crippen molar-refractivity contribution < 1.29 is 0 Å². The molecule has 6 heteroatoms. The molecule has 2 rings (SSSR count). The molecule has 0 spiro atoms. The maximum atomic E-state index is 5.65. The summed E-state index contributed by atoms with van der Waals surface area (Å²) in [6.45, 7) is 5.01. The zero-order chi connectivity index (χ0) is 13.1. The molecule has 18 heavy (non-hydrogen) atoms. The Bertz CT molecular complexity index is 518. The van der Waals surface area contributed by atoms with Gasteiger partial charge in [0.25, 0.3) is 0 Å². The molecule has 6 nitrogen and oxygen atoms in total. The largest absolute Gasteiger partial charge is 0.366 e. The number of fused-ring (bicyclic) bond motifs is 1. The molecule has 0 aliphatic carbocycles. The van der Waals surface area contributed by atoms with E-state index in [4.69, 9.17) is 5.73 Å². The third kappa shape index (κ3) is 2.43. The Hall–Kier alpha value is -1.69. The van der Waals surface area contributed by atoms with Crippen molar-refractivity contribution in [3.05, 3.63) is 12.5 Å². The molecule has 2 aromatic rings. The van der Waals surface area contributed by atoms with E-state index < -0.39 is 0 Å². The van der Waals surface area contributed by atoms with Crippen LogP contribution in [-0.2, 0) is 7.05 Å². The highest BCUT2D eigenvalue weighted by atomic mass is 15.3. The van der Waals surface area contributed by atoms with Crippen molar-refractivity contribution in [2.24, 2.45) is 18.7 Å². The van der Waals surface area contributed by atoms with E-state index in [9.17, 15) is 0 Å². The smallest absolute Gasteiger partial charge is 0.163 e. The second kappa shape index (κ2) is 5.30. The van der Waals surface area contributed by atoms with Gasteiger partial charge in [0.2, 0.25) is 0 Å². The van der Waals surface area contributed by atoms with Crippen LogP contribution in [0.3, 0.4) is 0 Å². The number of nitrogens with one attached hydrogen (secondary N) is 1. The molecule has 0 aliphatic heterocycles. The minimum atomic E-state index is 0.313. The fourth-order valence-electron chi connectivity index (χ4n) is 2.00. The number of rotatable bonds is 5. The number of aromatic nitrogens is 4. The molecule has 0 radical (unpaired) electrons. The first-order chi connectivity index (χ1) is 8.63. The third-order valence-corrected chi connectivity index (χ3v) is 3.13. The zero-order valence-corrected chi connectivity index (χ0v) is 11.1. The van der Waals surface area contributed by atoms with Gasteiger partial charge in [0, 0.05) is 13.1 Å². The molecule has 0 aliphatic rings. The van der Waals surface area contributed by atoms with Crippen LogP contribution in [0.15, 0.2) is 12.5 Å². The van der Waals surface area contributed by atoms with Gasteiger partial charge >= 0.3 is 0 Å². The highest BCUT2D eigenvalue weighted by Crippen LogP contribution is 2.20. The number of hydrogen-bond acceptors (Lipinski definition) is 5. The second-order valence-electron chi connectivity index (χ2n) is 4.80. The van der Waals surface area contributed by atoms with Gasteiger partial charge in [-0.05, 0) is 18.9 Å². The van der Waals surface area contributed by atoms with Crippen LogP contribution in [0, 0.1) is 5.92 Å². The van der Waals surface area contributed by atoms with Crippen molar-refractivity contribution in [2.45, 2.75) is 26.3 Å². The molecule has 2 heterocycles. The van der Waals surface area contributed by atoms with Crippen molar-refractivity contribution in [3.8, 4) is 0 Å². The summed E-state index contributed by atoms with van der Waals surface area (Å²) in [4.78, 5) is 8.53. The van der Waals surface area contributed by atoms with Gasteiger partial charge in [0.05, 0.1) is 11.6 Å². The molecule has 0 aromatic carbocycles. The minimum Gasteiger partial charge on any atom is -0.366 e. The third-order valence-electron chi connectivity index (χ3n) is 3.13. The van der Waals surface area contributed by atoms with Gasteiger partial charge in [0.1, 0.15) is 12.1 Å². The maximum Gasteiger partial charge on any atom is 0.163 e. The summed E-state index contributed by atoms with van der Waals surface area (Å²) in [5, 5.41) is 8.60. The molecular weight excluding hydrogens is 228 g/mol. The lowest BCUT2D eigenvalue weighted by Gasteiger charge is -2.22. The molecule has 0 saturated heterocycles. The van der Waals surface area contributed by atoms with E-state index in [0.717, 1.165) is 23.3 Å².